The Hall–Kier alpha value is -1.34. The van der Waals surface area contributed by atoms with E-state index in [0.717, 1.165) is 28.4 Å². The number of aromatic nitrogens is 1. The molecule has 0 fully saturated rings. The summed E-state index contributed by atoms with van der Waals surface area (Å²) in [7, 11) is 0. The molecular weight excluding hydrogens is 218 g/mol. The average Bonchev–Trinajstić information content (AvgIpc) is 2.27. The third-order valence-corrected chi connectivity index (χ3v) is 3.11. The van der Waals surface area contributed by atoms with E-state index >= 15 is 0 Å². The third kappa shape index (κ3) is 2.42. The first kappa shape index (κ1) is 11.2. The number of hydrogen-bond donors (Lipinski definition) is 0. The molecule has 2 heteroatoms. The van der Waals surface area contributed by atoms with Crippen molar-refractivity contribution >= 4 is 11.6 Å². The highest BCUT2D eigenvalue weighted by atomic mass is 35.5. The maximum absolute atomic E-state index is 6.12. The number of halogens is 1. The largest absolute Gasteiger partial charge is 0.258 e. The van der Waals surface area contributed by atoms with Gasteiger partial charge in [0, 0.05) is 22.8 Å². The summed E-state index contributed by atoms with van der Waals surface area (Å²) in [6.07, 6.45) is 0.792. The van der Waals surface area contributed by atoms with Crippen LogP contribution in [0, 0.1) is 13.8 Å². The van der Waals surface area contributed by atoms with Gasteiger partial charge in [-0.05, 0) is 37.1 Å². The molecule has 0 amide bonds. The zero-order valence-corrected chi connectivity index (χ0v) is 10.3. The van der Waals surface area contributed by atoms with E-state index in [1.807, 2.05) is 31.2 Å². The van der Waals surface area contributed by atoms with Crippen molar-refractivity contribution in [2.45, 2.75) is 20.3 Å². The van der Waals surface area contributed by atoms with Crippen molar-refractivity contribution in [3.05, 3.63) is 63.9 Å². The first-order valence-corrected chi connectivity index (χ1v) is 5.71. The summed E-state index contributed by atoms with van der Waals surface area (Å²) in [5.41, 5.74) is 4.50. The minimum Gasteiger partial charge on any atom is -0.258 e. The van der Waals surface area contributed by atoms with Crippen LogP contribution in [-0.4, -0.2) is 4.98 Å². The summed E-state index contributed by atoms with van der Waals surface area (Å²) in [5, 5.41) is 0.808. The molecule has 0 N–H and O–H groups in total. The molecule has 0 atom stereocenters. The molecule has 0 spiro atoms. The molecule has 1 nitrogen and oxygen atoms in total. The number of benzene rings is 1. The van der Waals surface area contributed by atoms with E-state index in [-0.39, 0.29) is 0 Å². The van der Waals surface area contributed by atoms with Crippen LogP contribution in [0.2, 0.25) is 5.02 Å². The van der Waals surface area contributed by atoms with Crippen LogP contribution in [0.4, 0.5) is 0 Å². The van der Waals surface area contributed by atoms with Crippen LogP contribution in [0.15, 0.2) is 36.4 Å². The standard InChI is InChI=1S/C14H14ClN/c1-10-7-8-13(16-11(10)2)9-12-5-3-4-6-14(12)15/h3-8H,9H2,1-2H3. The molecular formula is C14H14ClN. The van der Waals surface area contributed by atoms with E-state index in [0.29, 0.717) is 0 Å². The molecule has 0 aliphatic rings. The second-order valence-electron chi connectivity index (χ2n) is 3.97. The van der Waals surface area contributed by atoms with Crippen molar-refractivity contribution in [3.8, 4) is 0 Å². The SMILES string of the molecule is Cc1ccc(Cc2ccccc2Cl)nc1C. The summed E-state index contributed by atoms with van der Waals surface area (Å²) in [6, 6.07) is 12.1. The van der Waals surface area contributed by atoms with Crippen molar-refractivity contribution in [3.63, 3.8) is 0 Å². The lowest BCUT2D eigenvalue weighted by atomic mass is 10.1. The Morgan fingerprint density at radius 3 is 2.50 bits per heavy atom. The van der Waals surface area contributed by atoms with Gasteiger partial charge in [-0.2, -0.15) is 0 Å². The van der Waals surface area contributed by atoms with Crippen molar-refractivity contribution in [1.29, 1.82) is 0 Å². The minimum absolute atomic E-state index is 0.792. The summed E-state index contributed by atoms with van der Waals surface area (Å²) in [4.78, 5) is 4.55. The molecule has 0 saturated heterocycles. The van der Waals surface area contributed by atoms with Crippen LogP contribution in [-0.2, 0) is 6.42 Å². The topological polar surface area (TPSA) is 12.9 Å². The van der Waals surface area contributed by atoms with Gasteiger partial charge in [0.05, 0.1) is 0 Å². The third-order valence-electron chi connectivity index (χ3n) is 2.74. The van der Waals surface area contributed by atoms with E-state index in [2.05, 4.69) is 24.0 Å². The van der Waals surface area contributed by atoms with Crippen LogP contribution in [0.25, 0.3) is 0 Å². The highest BCUT2D eigenvalue weighted by Gasteiger charge is 2.03. The van der Waals surface area contributed by atoms with Crippen molar-refractivity contribution in [2.75, 3.05) is 0 Å². The minimum atomic E-state index is 0.792. The fourth-order valence-corrected chi connectivity index (χ4v) is 1.82. The van der Waals surface area contributed by atoms with Gasteiger partial charge in [-0.25, -0.2) is 0 Å². The van der Waals surface area contributed by atoms with Crippen LogP contribution >= 0.6 is 11.6 Å². The molecule has 2 rings (SSSR count). The van der Waals surface area contributed by atoms with Gasteiger partial charge in [0.15, 0.2) is 0 Å². The van der Waals surface area contributed by atoms with Gasteiger partial charge in [-0.15, -0.1) is 0 Å². The normalized spacial score (nSPS) is 10.4. The zero-order chi connectivity index (χ0) is 11.5. The molecule has 0 radical (unpaired) electrons. The summed E-state index contributed by atoms with van der Waals surface area (Å²) in [6.45, 7) is 4.10. The molecule has 0 saturated carbocycles. The van der Waals surface area contributed by atoms with Gasteiger partial charge in [-0.1, -0.05) is 35.9 Å². The van der Waals surface area contributed by atoms with Crippen LogP contribution in [0.3, 0.4) is 0 Å². The molecule has 16 heavy (non-hydrogen) atoms. The Morgan fingerprint density at radius 2 is 1.81 bits per heavy atom. The molecule has 0 aliphatic heterocycles. The smallest absolute Gasteiger partial charge is 0.0451 e. The highest BCUT2D eigenvalue weighted by molar-refractivity contribution is 6.31. The second-order valence-corrected chi connectivity index (χ2v) is 4.38. The molecule has 1 aromatic carbocycles. The van der Waals surface area contributed by atoms with E-state index in [4.69, 9.17) is 11.6 Å². The van der Waals surface area contributed by atoms with Crippen LogP contribution < -0.4 is 0 Å². The first-order chi connectivity index (χ1) is 7.66. The summed E-state index contributed by atoms with van der Waals surface area (Å²) in [5.74, 6) is 0. The van der Waals surface area contributed by atoms with Crippen molar-refractivity contribution in [2.24, 2.45) is 0 Å². The van der Waals surface area contributed by atoms with Gasteiger partial charge in [-0.3, -0.25) is 4.98 Å². The number of hydrogen-bond acceptors (Lipinski definition) is 1. The summed E-state index contributed by atoms with van der Waals surface area (Å²) < 4.78 is 0. The Labute approximate surface area is 101 Å². The number of pyridine rings is 1. The van der Waals surface area contributed by atoms with Crippen molar-refractivity contribution < 1.29 is 0 Å². The van der Waals surface area contributed by atoms with E-state index < -0.39 is 0 Å². The number of aryl methyl sites for hydroxylation is 2. The lowest BCUT2D eigenvalue weighted by Gasteiger charge is -2.06. The molecule has 0 aliphatic carbocycles. The first-order valence-electron chi connectivity index (χ1n) is 5.33. The van der Waals surface area contributed by atoms with Gasteiger partial charge < -0.3 is 0 Å². The van der Waals surface area contributed by atoms with Gasteiger partial charge in [0.2, 0.25) is 0 Å². The Balaban J connectivity index is 2.28. The molecule has 1 heterocycles. The maximum Gasteiger partial charge on any atom is 0.0451 e. The molecule has 2 aromatic rings. The van der Waals surface area contributed by atoms with Gasteiger partial charge in [0.1, 0.15) is 0 Å². The van der Waals surface area contributed by atoms with E-state index in [9.17, 15) is 0 Å². The highest BCUT2D eigenvalue weighted by Crippen LogP contribution is 2.18. The zero-order valence-electron chi connectivity index (χ0n) is 9.50. The quantitative estimate of drug-likeness (QED) is 0.763. The Kier molecular flexibility index (Phi) is 3.25. The Bertz CT molecular complexity index is 506. The lowest BCUT2D eigenvalue weighted by molar-refractivity contribution is 1.02. The number of nitrogens with zero attached hydrogens (tertiary/aromatic N) is 1. The fraction of sp³-hybridized carbons (Fsp3) is 0.214. The Morgan fingerprint density at radius 1 is 1.06 bits per heavy atom. The van der Waals surface area contributed by atoms with E-state index in [1.165, 1.54) is 5.56 Å². The summed E-state index contributed by atoms with van der Waals surface area (Å²) >= 11 is 6.12. The fourth-order valence-electron chi connectivity index (χ4n) is 1.62. The number of rotatable bonds is 2. The monoisotopic (exact) mass is 231 g/mol. The maximum atomic E-state index is 6.12. The average molecular weight is 232 g/mol. The molecule has 82 valence electrons. The van der Waals surface area contributed by atoms with Crippen molar-refractivity contribution in [1.82, 2.24) is 4.98 Å². The molecule has 0 unspecified atom stereocenters. The van der Waals surface area contributed by atoms with Gasteiger partial charge in [0.25, 0.3) is 0 Å². The predicted molar refractivity (Wildman–Crippen MR) is 68.0 cm³/mol. The predicted octanol–water partition coefficient (Wildman–Crippen LogP) is 3.94. The van der Waals surface area contributed by atoms with Gasteiger partial charge >= 0.3 is 0 Å². The second kappa shape index (κ2) is 4.67. The van der Waals surface area contributed by atoms with Crippen LogP contribution in [0.1, 0.15) is 22.5 Å². The van der Waals surface area contributed by atoms with E-state index in [1.54, 1.807) is 0 Å². The molecule has 0 bridgehead atoms. The van der Waals surface area contributed by atoms with Crippen LogP contribution in [0.5, 0.6) is 0 Å². The lowest BCUT2D eigenvalue weighted by Crippen LogP contribution is -1.96. The molecule has 1 aromatic heterocycles.